The minimum atomic E-state index is -0.124. The molecule has 2 rings (SSSR count). The zero-order valence-electron chi connectivity index (χ0n) is 8.71. The molecule has 1 atom stereocenters. The third-order valence-corrected chi connectivity index (χ3v) is 2.63. The Hall–Kier alpha value is -1.55. The second kappa shape index (κ2) is 3.90. The maximum absolute atomic E-state index is 11.6. The zero-order valence-corrected chi connectivity index (χ0v) is 8.71. The quantitative estimate of drug-likeness (QED) is 0.681. The molecule has 1 aromatic carbocycles. The molecule has 4 nitrogen and oxygen atoms in total. The summed E-state index contributed by atoms with van der Waals surface area (Å²) in [4.78, 5) is 11.6. The van der Waals surface area contributed by atoms with E-state index < -0.39 is 0 Å². The highest BCUT2D eigenvalue weighted by molar-refractivity contribution is 6.02. The van der Waals surface area contributed by atoms with Gasteiger partial charge in [-0.1, -0.05) is 13.0 Å². The highest BCUT2D eigenvalue weighted by Gasteiger charge is 2.23. The van der Waals surface area contributed by atoms with E-state index in [0.717, 1.165) is 23.4 Å². The van der Waals surface area contributed by atoms with E-state index in [4.69, 9.17) is 5.73 Å². The van der Waals surface area contributed by atoms with E-state index in [2.05, 4.69) is 10.6 Å². The molecule has 0 radical (unpaired) electrons. The van der Waals surface area contributed by atoms with Crippen LogP contribution in [0.2, 0.25) is 0 Å². The molecule has 1 aliphatic rings. The van der Waals surface area contributed by atoms with Gasteiger partial charge in [0.05, 0.1) is 11.4 Å². The van der Waals surface area contributed by atoms with Gasteiger partial charge in [0, 0.05) is 6.54 Å². The van der Waals surface area contributed by atoms with Crippen LogP contribution in [-0.4, -0.2) is 11.9 Å². The Labute approximate surface area is 88.9 Å². The molecule has 80 valence electrons. The molecule has 1 heterocycles. The van der Waals surface area contributed by atoms with Crippen LogP contribution in [0.4, 0.5) is 11.4 Å². The molecule has 0 fully saturated rings. The van der Waals surface area contributed by atoms with E-state index in [1.165, 1.54) is 0 Å². The summed E-state index contributed by atoms with van der Waals surface area (Å²) in [6, 6.07) is 5.71. The summed E-state index contributed by atoms with van der Waals surface area (Å²) in [7, 11) is 0. The summed E-state index contributed by atoms with van der Waals surface area (Å²) < 4.78 is 0. The predicted molar refractivity (Wildman–Crippen MR) is 60.7 cm³/mol. The summed E-state index contributed by atoms with van der Waals surface area (Å²) in [5, 5.41) is 6.07. The molecule has 15 heavy (non-hydrogen) atoms. The maximum Gasteiger partial charge on any atom is 0.246 e. The summed E-state index contributed by atoms with van der Waals surface area (Å²) in [6.45, 7) is 2.47. The lowest BCUT2D eigenvalue weighted by molar-refractivity contribution is -0.117. The van der Waals surface area contributed by atoms with Gasteiger partial charge in [-0.2, -0.15) is 0 Å². The molecule has 0 aromatic heterocycles. The van der Waals surface area contributed by atoms with Crippen LogP contribution in [-0.2, 0) is 11.3 Å². The average molecular weight is 205 g/mol. The Bertz CT molecular complexity index is 389. The number of carbonyl (C=O) groups is 1. The van der Waals surface area contributed by atoms with E-state index in [9.17, 15) is 4.79 Å². The fourth-order valence-electron chi connectivity index (χ4n) is 1.71. The zero-order chi connectivity index (χ0) is 10.8. The van der Waals surface area contributed by atoms with Gasteiger partial charge in [0.25, 0.3) is 0 Å². The fourth-order valence-corrected chi connectivity index (χ4v) is 1.71. The third-order valence-electron chi connectivity index (χ3n) is 2.63. The van der Waals surface area contributed by atoms with Crippen molar-refractivity contribution >= 4 is 17.3 Å². The van der Waals surface area contributed by atoms with Crippen molar-refractivity contribution in [2.24, 2.45) is 5.73 Å². The standard InChI is InChI=1S/C11H15N3O/c1-2-8-11(15)14-10-5-7(6-12)3-4-9(10)13-8/h3-5,8,13H,2,6,12H2,1H3,(H,14,15). The van der Waals surface area contributed by atoms with Crippen molar-refractivity contribution in [1.82, 2.24) is 0 Å². The Morgan fingerprint density at radius 2 is 2.20 bits per heavy atom. The van der Waals surface area contributed by atoms with E-state index in [1.807, 2.05) is 25.1 Å². The second-order valence-electron chi connectivity index (χ2n) is 3.68. The minimum absolute atomic E-state index is 0.0270. The fraction of sp³-hybridized carbons (Fsp3) is 0.364. The minimum Gasteiger partial charge on any atom is -0.372 e. The first kappa shape index (κ1) is 9.98. The molecule has 4 heteroatoms. The van der Waals surface area contributed by atoms with Crippen LogP contribution in [0.5, 0.6) is 0 Å². The topological polar surface area (TPSA) is 67.2 Å². The molecule has 1 aromatic rings. The number of carbonyl (C=O) groups excluding carboxylic acids is 1. The summed E-state index contributed by atoms with van der Waals surface area (Å²) in [5.74, 6) is 0.0270. The van der Waals surface area contributed by atoms with E-state index >= 15 is 0 Å². The van der Waals surface area contributed by atoms with Gasteiger partial charge in [-0.25, -0.2) is 0 Å². The Morgan fingerprint density at radius 1 is 1.40 bits per heavy atom. The van der Waals surface area contributed by atoms with Crippen molar-refractivity contribution in [3.63, 3.8) is 0 Å². The first-order valence-electron chi connectivity index (χ1n) is 5.15. The highest BCUT2D eigenvalue weighted by Crippen LogP contribution is 2.28. The van der Waals surface area contributed by atoms with Gasteiger partial charge in [0.15, 0.2) is 0 Å². The summed E-state index contributed by atoms with van der Waals surface area (Å²) >= 11 is 0. The largest absolute Gasteiger partial charge is 0.372 e. The number of nitrogens with one attached hydrogen (secondary N) is 2. The van der Waals surface area contributed by atoms with Gasteiger partial charge < -0.3 is 16.4 Å². The van der Waals surface area contributed by atoms with Crippen LogP contribution < -0.4 is 16.4 Å². The molecular weight excluding hydrogens is 190 g/mol. The monoisotopic (exact) mass is 205 g/mol. The van der Waals surface area contributed by atoms with Crippen LogP contribution in [0.3, 0.4) is 0 Å². The number of hydrogen-bond donors (Lipinski definition) is 3. The SMILES string of the molecule is CCC1Nc2ccc(CN)cc2NC1=O. The maximum atomic E-state index is 11.6. The van der Waals surface area contributed by atoms with Crippen molar-refractivity contribution < 1.29 is 4.79 Å². The van der Waals surface area contributed by atoms with Crippen molar-refractivity contribution in [3.05, 3.63) is 23.8 Å². The summed E-state index contributed by atoms with van der Waals surface area (Å²) in [6.07, 6.45) is 0.782. The molecular formula is C11H15N3O. The molecule has 0 bridgehead atoms. The first-order chi connectivity index (χ1) is 7.24. The Balaban J connectivity index is 2.32. The van der Waals surface area contributed by atoms with Crippen molar-refractivity contribution in [2.75, 3.05) is 10.6 Å². The van der Waals surface area contributed by atoms with Crippen LogP contribution in [0.1, 0.15) is 18.9 Å². The van der Waals surface area contributed by atoms with Crippen LogP contribution in [0.25, 0.3) is 0 Å². The van der Waals surface area contributed by atoms with Gasteiger partial charge in [0.1, 0.15) is 6.04 Å². The number of anilines is 2. The normalized spacial score (nSPS) is 19.1. The molecule has 1 unspecified atom stereocenters. The number of hydrogen-bond acceptors (Lipinski definition) is 3. The third kappa shape index (κ3) is 1.80. The molecule has 0 saturated carbocycles. The van der Waals surface area contributed by atoms with Crippen molar-refractivity contribution in [1.29, 1.82) is 0 Å². The first-order valence-corrected chi connectivity index (χ1v) is 5.15. The van der Waals surface area contributed by atoms with E-state index in [0.29, 0.717) is 6.54 Å². The second-order valence-corrected chi connectivity index (χ2v) is 3.68. The average Bonchev–Trinajstić information content (AvgIpc) is 2.27. The molecule has 1 amide bonds. The van der Waals surface area contributed by atoms with E-state index in [1.54, 1.807) is 0 Å². The molecule has 0 aliphatic carbocycles. The highest BCUT2D eigenvalue weighted by atomic mass is 16.2. The number of amides is 1. The Morgan fingerprint density at radius 3 is 2.87 bits per heavy atom. The molecule has 0 saturated heterocycles. The summed E-state index contributed by atoms with van der Waals surface area (Å²) in [5.41, 5.74) is 8.35. The Kier molecular flexibility index (Phi) is 2.60. The van der Waals surface area contributed by atoms with Crippen molar-refractivity contribution in [3.8, 4) is 0 Å². The molecule has 4 N–H and O–H groups in total. The van der Waals surface area contributed by atoms with Crippen molar-refractivity contribution in [2.45, 2.75) is 25.9 Å². The van der Waals surface area contributed by atoms with Crippen LogP contribution >= 0.6 is 0 Å². The lowest BCUT2D eigenvalue weighted by Crippen LogP contribution is -2.38. The lowest BCUT2D eigenvalue weighted by Gasteiger charge is -2.26. The van der Waals surface area contributed by atoms with Gasteiger partial charge in [0.2, 0.25) is 5.91 Å². The van der Waals surface area contributed by atoms with E-state index in [-0.39, 0.29) is 11.9 Å². The molecule has 1 aliphatic heterocycles. The van der Waals surface area contributed by atoms with Gasteiger partial charge in [-0.15, -0.1) is 0 Å². The molecule has 0 spiro atoms. The van der Waals surface area contributed by atoms with Crippen LogP contribution in [0.15, 0.2) is 18.2 Å². The van der Waals surface area contributed by atoms with Gasteiger partial charge in [-0.3, -0.25) is 4.79 Å². The smallest absolute Gasteiger partial charge is 0.246 e. The van der Waals surface area contributed by atoms with Crippen LogP contribution in [0, 0.1) is 0 Å². The number of benzene rings is 1. The van der Waals surface area contributed by atoms with Gasteiger partial charge >= 0.3 is 0 Å². The van der Waals surface area contributed by atoms with Gasteiger partial charge in [-0.05, 0) is 24.1 Å². The number of nitrogens with two attached hydrogens (primary N) is 1. The number of fused-ring (bicyclic) bond motifs is 1. The lowest BCUT2D eigenvalue weighted by atomic mass is 10.1. The number of rotatable bonds is 2. The predicted octanol–water partition coefficient (Wildman–Crippen LogP) is 1.29.